The molecule has 0 amide bonds. The van der Waals surface area contributed by atoms with E-state index in [0.29, 0.717) is 19.4 Å². The van der Waals surface area contributed by atoms with E-state index in [4.69, 9.17) is 10.4 Å². The third kappa shape index (κ3) is 3.39. The standard InChI is InChI=1S/C24H29N5O/c1-15-20-21(16-7-9-17(10-8-16)28(4)5)22-18(13-24(2,3)14-19(22)30)26-23(20)29(27-15)12-6-11-25/h7-10,21,26H,6,12-14H2,1-5H3/t21-/m0/s1. The number of ketones is 1. The molecule has 4 rings (SSSR count). The number of aromatic nitrogens is 2. The molecular formula is C24H29N5O. The number of hydrogen-bond acceptors (Lipinski definition) is 5. The van der Waals surface area contributed by atoms with E-state index < -0.39 is 0 Å². The Kier molecular flexibility index (Phi) is 4.93. The van der Waals surface area contributed by atoms with E-state index in [-0.39, 0.29) is 17.1 Å². The molecule has 1 atom stereocenters. The molecule has 0 spiro atoms. The van der Waals surface area contributed by atoms with E-state index in [1.54, 1.807) is 0 Å². The van der Waals surface area contributed by atoms with Crippen molar-refractivity contribution < 1.29 is 4.79 Å². The van der Waals surface area contributed by atoms with Crippen molar-refractivity contribution in [2.45, 2.75) is 52.5 Å². The predicted molar refractivity (Wildman–Crippen MR) is 118 cm³/mol. The van der Waals surface area contributed by atoms with Crippen molar-refractivity contribution in [3.05, 3.63) is 52.4 Å². The van der Waals surface area contributed by atoms with Crippen LogP contribution in [0.3, 0.4) is 0 Å². The Bertz CT molecular complexity index is 1070. The molecule has 2 aromatic rings. The zero-order valence-corrected chi connectivity index (χ0v) is 18.4. The first-order valence-corrected chi connectivity index (χ1v) is 10.5. The van der Waals surface area contributed by atoms with E-state index in [2.05, 4.69) is 54.4 Å². The molecule has 30 heavy (non-hydrogen) atoms. The van der Waals surface area contributed by atoms with Crippen LogP contribution in [0.2, 0.25) is 0 Å². The minimum absolute atomic E-state index is 0.0771. The van der Waals surface area contributed by atoms with E-state index in [1.165, 1.54) is 0 Å². The summed E-state index contributed by atoms with van der Waals surface area (Å²) < 4.78 is 1.89. The van der Waals surface area contributed by atoms with Gasteiger partial charge in [-0.2, -0.15) is 10.4 Å². The lowest BCUT2D eigenvalue weighted by molar-refractivity contribution is -0.118. The predicted octanol–water partition coefficient (Wildman–Crippen LogP) is 4.37. The van der Waals surface area contributed by atoms with Gasteiger partial charge in [0, 0.05) is 49.0 Å². The lowest BCUT2D eigenvalue weighted by Gasteiger charge is -2.38. The monoisotopic (exact) mass is 403 g/mol. The molecule has 6 nitrogen and oxygen atoms in total. The van der Waals surface area contributed by atoms with Gasteiger partial charge >= 0.3 is 0 Å². The second-order valence-electron chi connectivity index (χ2n) is 9.36. The highest BCUT2D eigenvalue weighted by Gasteiger charge is 2.42. The molecule has 0 saturated carbocycles. The number of hydrogen-bond donors (Lipinski definition) is 1. The van der Waals surface area contributed by atoms with Gasteiger partial charge in [0.15, 0.2) is 5.78 Å². The maximum absolute atomic E-state index is 13.3. The molecule has 6 heteroatoms. The van der Waals surface area contributed by atoms with Crippen LogP contribution in [-0.2, 0) is 11.3 Å². The van der Waals surface area contributed by atoms with Gasteiger partial charge in [-0.3, -0.25) is 4.79 Å². The molecule has 2 aliphatic rings. The lowest BCUT2D eigenvalue weighted by Crippen LogP contribution is -2.34. The number of allylic oxidation sites excluding steroid dienone is 2. The summed E-state index contributed by atoms with van der Waals surface area (Å²) in [5.41, 5.74) is 5.99. The number of rotatable bonds is 4. The summed E-state index contributed by atoms with van der Waals surface area (Å²) in [6.45, 7) is 6.81. The summed E-state index contributed by atoms with van der Waals surface area (Å²) in [5, 5.41) is 17.3. The van der Waals surface area contributed by atoms with Crippen molar-refractivity contribution in [3.8, 4) is 6.07 Å². The van der Waals surface area contributed by atoms with E-state index >= 15 is 0 Å². The first kappa shape index (κ1) is 20.2. The maximum Gasteiger partial charge on any atom is 0.162 e. The molecule has 0 bridgehead atoms. The molecule has 1 N–H and O–H groups in total. The Hall–Kier alpha value is -3.07. The van der Waals surface area contributed by atoms with Gasteiger partial charge in [-0.05, 0) is 36.5 Å². The number of carbonyl (C=O) groups is 1. The van der Waals surface area contributed by atoms with Crippen LogP contribution < -0.4 is 10.2 Å². The molecule has 1 aliphatic heterocycles. The summed E-state index contributed by atoms with van der Waals surface area (Å²) in [7, 11) is 4.04. The second-order valence-corrected chi connectivity index (χ2v) is 9.36. The lowest BCUT2D eigenvalue weighted by atomic mass is 9.69. The van der Waals surface area contributed by atoms with Crippen LogP contribution in [0.15, 0.2) is 35.5 Å². The summed E-state index contributed by atoms with van der Waals surface area (Å²) >= 11 is 0. The van der Waals surface area contributed by atoms with Crippen molar-refractivity contribution in [1.29, 1.82) is 5.26 Å². The smallest absolute Gasteiger partial charge is 0.162 e. The van der Waals surface area contributed by atoms with Crippen molar-refractivity contribution >= 4 is 17.3 Å². The minimum atomic E-state index is -0.133. The number of fused-ring (bicyclic) bond motifs is 1. The van der Waals surface area contributed by atoms with Gasteiger partial charge < -0.3 is 10.2 Å². The van der Waals surface area contributed by atoms with Gasteiger partial charge in [-0.25, -0.2) is 4.68 Å². The second kappa shape index (κ2) is 7.32. The Morgan fingerprint density at radius 3 is 2.60 bits per heavy atom. The van der Waals surface area contributed by atoms with E-state index in [0.717, 1.165) is 46.0 Å². The average Bonchev–Trinajstić information content (AvgIpc) is 2.99. The number of anilines is 2. The Morgan fingerprint density at radius 2 is 1.97 bits per heavy atom. The minimum Gasteiger partial charge on any atom is -0.378 e. The van der Waals surface area contributed by atoms with Crippen LogP contribution in [-0.4, -0.2) is 29.7 Å². The molecular weight excluding hydrogens is 374 g/mol. The number of nitriles is 1. The third-order valence-corrected chi connectivity index (χ3v) is 6.12. The molecule has 1 aromatic heterocycles. The summed E-state index contributed by atoms with van der Waals surface area (Å²) in [6.07, 6.45) is 1.77. The fraction of sp³-hybridized carbons (Fsp3) is 0.458. The quantitative estimate of drug-likeness (QED) is 0.820. The number of carbonyl (C=O) groups excluding carboxylic acids is 1. The van der Waals surface area contributed by atoms with Crippen molar-refractivity contribution in [1.82, 2.24) is 9.78 Å². The highest BCUT2D eigenvalue weighted by atomic mass is 16.1. The Morgan fingerprint density at radius 1 is 1.27 bits per heavy atom. The first-order valence-electron chi connectivity index (χ1n) is 10.5. The number of benzene rings is 1. The highest BCUT2D eigenvalue weighted by Crippen LogP contribution is 2.50. The largest absolute Gasteiger partial charge is 0.378 e. The van der Waals surface area contributed by atoms with E-state index in [9.17, 15) is 4.79 Å². The third-order valence-electron chi connectivity index (χ3n) is 6.12. The fourth-order valence-corrected chi connectivity index (χ4v) is 4.76. The zero-order valence-electron chi connectivity index (χ0n) is 18.4. The SMILES string of the molecule is Cc1nn(CCC#N)c2c1[C@H](c1ccc(N(C)C)cc1)C1=C(CC(C)(C)CC1=O)N2. The number of nitrogens with zero attached hydrogens (tertiary/aromatic N) is 4. The van der Waals surface area contributed by atoms with Crippen LogP contribution >= 0.6 is 0 Å². The zero-order chi connectivity index (χ0) is 21.6. The fourth-order valence-electron chi connectivity index (χ4n) is 4.76. The molecule has 1 aliphatic carbocycles. The molecule has 1 aromatic carbocycles. The maximum atomic E-state index is 13.3. The van der Waals surface area contributed by atoms with Gasteiger partial charge in [0.05, 0.1) is 24.7 Å². The molecule has 0 fully saturated rings. The van der Waals surface area contributed by atoms with Crippen LogP contribution in [0.5, 0.6) is 0 Å². The van der Waals surface area contributed by atoms with Gasteiger partial charge in [0.1, 0.15) is 5.82 Å². The Balaban J connectivity index is 1.89. The van der Waals surface area contributed by atoms with Crippen LogP contribution in [0, 0.1) is 23.7 Å². The van der Waals surface area contributed by atoms with Crippen molar-refractivity contribution in [3.63, 3.8) is 0 Å². The number of Topliss-reactive ketones (excluding diaryl/α,β-unsaturated/α-hetero) is 1. The summed E-state index contributed by atoms with van der Waals surface area (Å²) in [6, 6.07) is 10.7. The first-order chi connectivity index (χ1) is 14.2. The van der Waals surface area contributed by atoms with Crippen molar-refractivity contribution in [2.75, 3.05) is 24.3 Å². The molecule has 0 unspecified atom stereocenters. The molecule has 0 saturated heterocycles. The van der Waals surface area contributed by atoms with Gasteiger partial charge in [0.2, 0.25) is 0 Å². The van der Waals surface area contributed by atoms with Crippen molar-refractivity contribution in [2.24, 2.45) is 5.41 Å². The summed E-state index contributed by atoms with van der Waals surface area (Å²) in [5.74, 6) is 1.01. The molecule has 156 valence electrons. The van der Waals surface area contributed by atoms with E-state index in [1.807, 2.05) is 25.7 Å². The van der Waals surface area contributed by atoms with Gasteiger partial charge in [0.25, 0.3) is 0 Å². The number of nitrogens with one attached hydrogen (secondary N) is 1. The number of aryl methyl sites for hydroxylation is 2. The van der Waals surface area contributed by atoms with Gasteiger partial charge in [-0.1, -0.05) is 26.0 Å². The van der Waals surface area contributed by atoms with Crippen LogP contribution in [0.1, 0.15) is 55.8 Å². The average molecular weight is 404 g/mol. The van der Waals surface area contributed by atoms with Gasteiger partial charge in [-0.15, -0.1) is 0 Å². The summed E-state index contributed by atoms with van der Waals surface area (Å²) in [4.78, 5) is 15.4. The normalized spacial score (nSPS) is 19.6. The van der Waals surface area contributed by atoms with Crippen LogP contribution in [0.25, 0.3) is 0 Å². The Labute approximate surface area is 178 Å². The topological polar surface area (TPSA) is 74.0 Å². The molecule has 2 heterocycles. The highest BCUT2D eigenvalue weighted by molar-refractivity contribution is 6.01. The molecule has 0 radical (unpaired) electrons. The van der Waals surface area contributed by atoms with Crippen LogP contribution in [0.4, 0.5) is 11.5 Å².